The van der Waals surface area contributed by atoms with Crippen molar-refractivity contribution in [1.82, 2.24) is 0 Å². The first-order valence-corrected chi connectivity index (χ1v) is 8.44. The highest BCUT2D eigenvalue weighted by molar-refractivity contribution is 7.93. The van der Waals surface area contributed by atoms with Crippen molar-refractivity contribution >= 4 is 33.0 Å². The van der Waals surface area contributed by atoms with Gasteiger partial charge in [-0.25, -0.2) is 13.2 Å². The summed E-state index contributed by atoms with van der Waals surface area (Å²) in [6, 6.07) is 6.99. The molecule has 0 saturated carbocycles. The van der Waals surface area contributed by atoms with Crippen molar-refractivity contribution in [3.05, 3.63) is 45.6 Å². The molecule has 7 heteroatoms. The Morgan fingerprint density at radius 3 is 2.29 bits per heavy atom. The molecule has 1 aromatic heterocycles. The van der Waals surface area contributed by atoms with Gasteiger partial charge in [-0.1, -0.05) is 17.7 Å². The first-order chi connectivity index (χ1) is 9.75. The Morgan fingerprint density at radius 2 is 1.76 bits per heavy atom. The molecule has 0 saturated heterocycles. The van der Waals surface area contributed by atoms with E-state index in [4.69, 9.17) is 5.11 Å². The minimum absolute atomic E-state index is 0.136. The van der Waals surface area contributed by atoms with Crippen LogP contribution in [0.5, 0.6) is 0 Å². The number of benzene rings is 1. The third kappa shape index (κ3) is 2.79. The summed E-state index contributed by atoms with van der Waals surface area (Å²) in [5, 5.41) is 10.7. The average Bonchev–Trinajstić information content (AvgIpc) is 2.81. The van der Waals surface area contributed by atoms with Gasteiger partial charge in [-0.15, -0.1) is 11.3 Å². The second-order valence-corrected chi connectivity index (χ2v) is 7.48. The number of carbonyl (C=O) groups is 1. The van der Waals surface area contributed by atoms with Crippen LogP contribution in [0, 0.1) is 13.8 Å². The van der Waals surface area contributed by atoms with Crippen molar-refractivity contribution in [2.75, 3.05) is 11.4 Å². The highest BCUT2D eigenvalue weighted by Crippen LogP contribution is 2.31. The summed E-state index contributed by atoms with van der Waals surface area (Å²) in [7, 11) is -2.49. The highest BCUT2D eigenvalue weighted by atomic mass is 32.2. The number of nitrogens with zero attached hydrogens (tertiary/aromatic N) is 1. The predicted octanol–water partition coefficient (Wildman–Crippen LogP) is 2.89. The third-order valence-electron chi connectivity index (χ3n) is 3.13. The first-order valence-electron chi connectivity index (χ1n) is 6.12. The van der Waals surface area contributed by atoms with E-state index in [1.165, 1.54) is 7.05 Å². The van der Waals surface area contributed by atoms with Gasteiger partial charge in [0.1, 0.15) is 9.77 Å². The van der Waals surface area contributed by atoms with E-state index < -0.39 is 16.0 Å². The fourth-order valence-electron chi connectivity index (χ4n) is 1.93. The number of anilines is 1. The Labute approximate surface area is 127 Å². The van der Waals surface area contributed by atoms with Crippen LogP contribution in [0.15, 0.2) is 34.5 Å². The van der Waals surface area contributed by atoms with Crippen LogP contribution in [-0.4, -0.2) is 26.5 Å². The van der Waals surface area contributed by atoms with Gasteiger partial charge in [0.2, 0.25) is 0 Å². The van der Waals surface area contributed by atoms with Crippen molar-refractivity contribution in [2.24, 2.45) is 0 Å². The van der Waals surface area contributed by atoms with Gasteiger partial charge >= 0.3 is 5.97 Å². The molecule has 0 aliphatic heterocycles. The summed E-state index contributed by atoms with van der Waals surface area (Å²) in [5.41, 5.74) is 1.95. The van der Waals surface area contributed by atoms with E-state index in [0.717, 1.165) is 21.2 Å². The van der Waals surface area contributed by atoms with Crippen LogP contribution in [0.4, 0.5) is 5.69 Å². The number of carboxylic acids is 1. The molecule has 2 aromatic rings. The number of hydrogen-bond donors (Lipinski definition) is 1. The summed E-state index contributed by atoms with van der Waals surface area (Å²) in [6.07, 6.45) is 0. The fraction of sp³-hybridized carbons (Fsp3) is 0.214. The fourth-order valence-corrected chi connectivity index (χ4v) is 4.71. The Morgan fingerprint density at radius 1 is 1.19 bits per heavy atom. The summed E-state index contributed by atoms with van der Waals surface area (Å²) in [4.78, 5) is 10.9. The molecule has 2 rings (SSSR count). The van der Waals surface area contributed by atoms with Gasteiger partial charge in [0, 0.05) is 7.05 Å². The maximum absolute atomic E-state index is 12.7. The molecule has 5 nitrogen and oxygen atoms in total. The number of rotatable bonds is 4. The van der Waals surface area contributed by atoms with E-state index in [9.17, 15) is 13.2 Å². The summed E-state index contributed by atoms with van der Waals surface area (Å²) in [5.74, 6) is -1.23. The maximum atomic E-state index is 12.7. The molecule has 0 radical (unpaired) electrons. The maximum Gasteiger partial charge on any atom is 0.347 e. The smallest absolute Gasteiger partial charge is 0.347 e. The van der Waals surface area contributed by atoms with Crippen molar-refractivity contribution in [3.8, 4) is 0 Å². The number of hydrogen-bond acceptors (Lipinski definition) is 4. The lowest BCUT2D eigenvalue weighted by Gasteiger charge is -2.20. The lowest BCUT2D eigenvalue weighted by Crippen LogP contribution is -2.28. The average molecular weight is 325 g/mol. The standard InChI is InChI=1S/C14H15NO4S2/c1-9-4-6-11(7-5-9)15(3)21(18,19)13-10(2)8-20-12(13)14(16)17/h4-8H,1-3H3,(H,16,17). The molecule has 0 aliphatic carbocycles. The minimum atomic E-state index is -3.90. The molecule has 0 aliphatic rings. The molecule has 0 atom stereocenters. The third-order valence-corrected chi connectivity index (χ3v) is 6.32. The van der Waals surface area contributed by atoms with Gasteiger partial charge in [-0.05, 0) is 36.9 Å². The zero-order valence-corrected chi connectivity index (χ0v) is 13.5. The molecule has 0 spiro atoms. The molecule has 1 aromatic carbocycles. The Balaban J connectivity index is 2.54. The van der Waals surface area contributed by atoms with Crippen LogP contribution >= 0.6 is 11.3 Å². The van der Waals surface area contributed by atoms with E-state index in [1.807, 2.05) is 6.92 Å². The van der Waals surface area contributed by atoms with Gasteiger partial charge in [0.25, 0.3) is 10.0 Å². The Kier molecular flexibility index (Phi) is 4.06. The molecular weight excluding hydrogens is 310 g/mol. The highest BCUT2D eigenvalue weighted by Gasteiger charge is 2.30. The van der Waals surface area contributed by atoms with Crippen LogP contribution in [0.3, 0.4) is 0 Å². The molecule has 21 heavy (non-hydrogen) atoms. The monoisotopic (exact) mass is 325 g/mol. The van der Waals surface area contributed by atoms with Gasteiger partial charge < -0.3 is 5.11 Å². The largest absolute Gasteiger partial charge is 0.477 e. The van der Waals surface area contributed by atoms with Crippen LogP contribution < -0.4 is 4.31 Å². The normalized spacial score (nSPS) is 11.4. The quantitative estimate of drug-likeness (QED) is 0.938. The lowest BCUT2D eigenvalue weighted by atomic mass is 10.2. The second kappa shape index (κ2) is 5.50. The molecular formula is C14H15NO4S2. The molecule has 0 unspecified atom stereocenters. The minimum Gasteiger partial charge on any atom is -0.477 e. The van der Waals surface area contributed by atoms with Crippen LogP contribution in [0.2, 0.25) is 0 Å². The zero-order valence-electron chi connectivity index (χ0n) is 11.8. The molecule has 1 heterocycles. The van der Waals surface area contributed by atoms with E-state index in [-0.39, 0.29) is 9.77 Å². The van der Waals surface area contributed by atoms with Crippen molar-refractivity contribution in [1.29, 1.82) is 0 Å². The molecule has 112 valence electrons. The van der Waals surface area contributed by atoms with E-state index in [1.54, 1.807) is 36.6 Å². The van der Waals surface area contributed by atoms with Gasteiger partial charge in [0.05, 0.1) is 5.69 Å². The van der Waals surface area contributed by atoms with Crippen LogP contribution in [0.25, 0.3) is 0 Å². The molecule has 0 bridgehead atoms. The van der Waals surface area contributed by atoms with Crippen molar-refractivity contribution < 1.29 is 18.3 Å². The lowest BCUT2D eigenvalue weighted by molar-refractivity contribution is 0.0698. The second-order valence-electron chi connectivity index (χ2n) is 4.69. The van der Waals surface area contributed by atoms with E-state index in [2.05, 4.69) is 0 Å². The number of carboxylic acid groups (broad SMARTS) is 1. The van der Waals surface area contributed by atoms with Crippen molar-refractivity contribution in [3.63, 3.8) is 0 Å². The summed E-state index contributed by atoms with van der Waals surface area (Å²) >= 11 is 0.921. The number of aromatic carboxylic acids is 1. The summed E-state index contributed by atoms with van der Waals surface area (Å²) < 4.78 is 26.5. The van der Waals surface area contributed by atoms with Crippen LogP contribution in [0.1, 0.15) is 20.8 Å². The number of thiophene rings is 1. The SMILES string of the molecule is Cc1ccc(N(C)S(=O)(=O)c2c(C)csc2C(=O)O)cc1. The number of sulfonamides is 1. The van der Waals surface area contributed by atoms with Crippen molar-refractivity contribution in [2.45, 2.75) is 18.7 Å². The Hall–Kier alpha value is -1.86. The number of aryl methyl sites for hydroxylation is 2. The molecule has 0 amide bonds. The van der Waals surface area contributed by atoms with Crippen LogP contribution in [-0.2, 0) is 10.0 Å². The first kappa shape index (κ1) is 15.5. The Bertz CT molecular complexity index is 776. The van der Waals surface area contributed by atoms with Gasteiger partial charge in [-0.2, -0.15) is 0 Å². The molecule has 1 N–H and O–H groups in total. The van der Waals surface area contributed by atoms with Gasteiger partial charge in [0.15, 0.2) is 0 Å². The van der Waals surface area contributed by atoms with Gasteiger partial charge in [-0.3, -0.25) is 4.31 Å². The predicted molar refractivity (Wildman–Crippen MR) is 82.8 cm³/mol. The topological polar surface area (TPSA) is 74.7 Å². The zero-order chi connectivity index (χ0) is 15.8. The van der Waals surface area contributed by atoms with E-state index >= 15 is 0 Å². The molecule has 0 fully saturated rings. The van der Waals surface area contributed by atoms with E-state index in [0.29, 0.717) is 11.3 Å². The summed E-state index contributed by atoms with van der Waals surface area (Å²) in [6.45, 7) is 3.50.